The van der Waals surface area contributed by atoms with Crippen LogP contribution >= 0.6 is 0 Å². The minimum Gasteiger partial charge on any atom is -0.309 e. The summed E-state index contributed by atoms with van der Waals surface area (Å²) in [7, 11) is 0. The van der Waals surface area contributed by atoms with Crippen LogP contribution in [0, 0.1) is 0 Å². The summed E-state index contributed by atoms with van der Waals surface area (Å²) in [5.74, 6) is 0. The number of rotatable bonds is 7. The third kappa shape index (κ3) is 6.85. The molecule has 0 fully saturated rings. The molecule has 0 amide bonds. The Morgan fingerprint density at radius 1 is 0.183 bits per heavy atom. The molecule has 0 atom stereocenters. The van der Waals surface area contributed by atoms with Crippen molar-refractivity contribution in [2.75, 3.05) is 4.90 Å². The number of hydrogen-bond donors (Lipinski definition) is 0. The maximum absolute atomic E-state index is 2.46. The maximum Gasteiger partial charge on any atom is 0.0618 e. The first-order valence-electron chi connectivity index (χ1n) is 24.6. The largest absolute Gasteiger partial charge is 0.309 e. The zero-order valence-electron chi connectivity index (χ0n) is 38.9. The molecule has 0 spiro atoms. The lowest BCUT2D eigenvalue weighted by Gasteiger charge is -2.29. The maximum atomic E-state index is 2.46. The number of fused-ring (bicyclic) bond motifs is 7. The first-order chi connectivity index (χ1) is 35.2. The highest BCUT2D eigenvalue weighted by Crippen LogP contribution is 2.50. The van der Waals surface area contributed by atoms with Gasteiger partial charge in [-0.15, -0.1) is 0 Å². The molecule has 0 saturated heterocycles. The van der Waals surface area contributed by atoms with Crippen LogP contribution in [0.25, 0.3) is 120 Å². The van der Waals surface area contributed by atoms with Crippen LogP contribution in [0.3, 0.4) is 0 Å². The molecule has 330 valence electrons. The Balaban J connectivity index is 0.962. The molecule has 0 N–H and O–H groups in total. The van der Waals surface area contributed by atoms with E-state index in [4.69, 9.17) is 0 Å². The molecule has 14 aromatic carbocycles. The minimum atomic E-state index is 1.09. The number of nitrogens with zero attached hydrogens (tertiary/aromatic N) is 1. The number of para-hydroxylation sites is 1. The van der Waals surface area contributed by atoms with Gasteiger partial charge in [-0.1, -0.05) is 224 Å². The van der Waals surface area contributed by atoms with Crippen molar-refractivity contribution in [2.24, 2.45) is 0 Å². The predicted octanol–water partition coefficient (Wildman–Crippen LogP) is 19.9. The summed E-state index contributed by atoms with van der Waals surface area (Å²) in [4.78, 5) is 2.46. The fraction of sp³-hybridized carbons (Fsp3) is 0. The van der Waals surface area contributed by atoms with Crippen LogP contribution in [0.1, 0.15) is 0 Å². The van der Waals surface area contributed by atoms with Crippen molar-refractivity contribution >= 4 is 92.5 Å². The van der Waals surface area contributed by atoms with E-state index in [1.165, 1.54) is 120 Å². The molecule has 0 saturated carbocycles. The molecular weight excluding hydrogens is 855 g/mol. The molecule has 0 unspecified atom stereocenters. The molecule has 0 heterocycles. The standard InChI is InChI=1S/C70H45N/c1-2-22-57(23-3-1)71(70-64-28-14-12-26-61(64)68(62-27-13-15-29-65(62)70)55-34-31-47-17-5-8-20-51(47)43-55)58-39-36-49(37-40-58)53-38-41-63-66(45-53)69(56-35-32-48-18-6-9-21-52(48)44-56)60-25-11-10-24-59(60)67(63)54-33-30-46-16-4-7-19-50(46)42-54/h1-45H. The van der Waals surface area contributed by atoms with E-state index in [2.05, 4.69) is 278 Å². The van der Waals surface area contributed by atoms with Gasteiger partial charge in [-0.3, -0.25) is 0 Å². The van der Waals surface area contributed by atoms with E-state index in [9.17, 15) is 0 Å². The first-order valence-corrected chi connectivity index (χ1v) is 24.6. The molecule has 1 nitrogen and oxygen atoms in total. The van der Waals surface area contributed by atoms with Gasteiger partial charge in [0.25, 0.3) is 0 Å². The smallest absolute Gasteiger partial charge is 0.0618 e. The Kier molecular flexibility index (Phi) is 9.60. The lowest BCUT2D eigenvalue weighted by Crippen LogP contribution is -2.11. The van der Waals surface area contributed by atoms with Gasteiger partial charge >= 0.3 is 0 Å². The minimum absolute atomic E-state index is 1.09. The van der Waals surface area contributed by atoms with Gasteiger partial charge < -0.3 is 4.90 Å². The van der Waals surface area contributed by atoms with E-state index in [1.807, 2.05) is 0 Å². The second-order valence-electron chi connectivity index (χ2n) is 18.8. The van der Waals surface area contributed by atoms with Gasteiger partial charge in [-0.05, 0) is 158 Å². The van der Waals surface area contributed by atoms with E-state index in [0.717, 1.165) is 16.9 Å². The zero-order chi connectivity index (χ0) is 46.8. The Labute approximate surface area is 412 Å². The lowest BCUT2D eigenvalue weighted by atomic mass is 9.84. The molecule has 0 aliphatic heterocycles. The van der Waals surface area contributed by atoms with Crippen molar-refractivity contribution in [3.05, 3.63) is 273 Å². The summed E-state index contributed by atoms with van der Waals surface area (Å²) < 4.78 is 0. The lowest BCUT2D eigenvalue weighted by molar-refractivity contribution is 1.31. The highest BCUT2D eigenvalue weighted by molar-refractivity contribution is 6.24. The summed E-state index contributed by atoms with van der Waals surface area (Å²) in [5, 5.41) is 17.3. The van der Waals surface area contributed by atoms with Gasteiger partial charge in [0, 0.05) is 22.1 Å². The number of hydrogen-bond acceptors (Lipinski definition) is 1. The molecular formula is C70H45N. The molecule has 0 aliphatic carbocycles. The third-order valence-corrected chi connectivity index (χ3v) is 14.7. The fourth-order valence-electron chi connectivity index (χ4n) is 11.5. The highest BCUT2D eigenvalue weighted by Gasteiger charge is 2.23. The topological polar surface area (TPSA) is 3.24 Å². The van der Waals surface area contributed by atoms with Crippen LogP contribution in [-0.2, 0) is 0 Å². The normalized spacial score (nSPS) is 11.7. The van der Waals surface area contributed by atoms with Crippen molar-refractivity contribution < 1.29 is 0 Å². The van der Waals surface area contributed by atoms with Gasteiger partial charge in [0.2, 0.25) is 0 Å². The molecule has 14 rings (SSSR count). The van der Waals surface area contributed by atoms with Crippen molar-refractivity contribution in [1.29, 1.82) is 0 Å². The van der Waals surface area contributed by atoms with Gasteiger partial charge in [-0.2, -0.15) is 0 Å². The number of benzene rings is 14. The summed E-state index contributed by atoms with van der Waals surface area (Å²) >= 11 is 0. The third-order valence-electron chi connectivity index (χ3n) is 14.7. The molecule has 0 aliphatic rings. The van der Waals surface area contributed by atoms with Crippen LogP contribution in [0.4, 0.5) is 17.1 Å². The molecule has 0 radical (unpaired) electrons. The van der Waals surface area contributed by atoms with Crippen LogP contribution in [0.15, 0.2) is 273 Å². The SMILES string of the molecule is c1ccc(N(c2ccc(-c3ccc4c(-c5ccc6ccccc6c5)c5ccccc5c(-c5ccc6ccccc6c5)c4c3)cc2)c2c3ccccc3c(-c3ccc4ccccc4c3)c3ccccc23)cc1. The van der Waals surface area contributed by atoms with Gasteiger partial charge in [0.1, 0.15) is 0 Å². The fourth-order valence-corrected chi connectivity index (χ4v) is 11.5. The van der Waals surface area contributed by atoms with E-state index in [1.54, 1.807) is 0 Å². The van der Waals surface area contributed by atoms with E-state index in [-0.39, 0.29) is 0 Å². The Morgan fingerprint density at radius 3 is 0.972 bits per heavy atom. The van der Waals surface area contributed by atoms with E-state index >= 15 is 0 Å². The first kappa shape index (κ1) is 40.7. The van der Waals surface area contributed by atoms with Crippen LogP contribution in [0.5, 0.6) is 0 Å². The van der Waals surface area contributed by atoms with Crippen molar-refractivity contribution in [3.63, 3.8) is 0 Å². The Bertz CT molecular complexity index is 4340. The second kappa shape index (κ2) is 16.7. The average molecular weight is 900 g/mol. The second-order valence-corrected chi connectivity index (χ2v) is 18.8. The van der Waals surface area contributed by atoms with Gasteiger partial charge in [0.05, 0.1) is 5.69 Å². The average Bonchev–Trinajstić information content (AvgIpc) is 3.44. The van der Waals surface area contributed by atoms with Gasteiger partial charge in [0.15, 0.2) is 0 Å². The Hall–Kier alpha value is -9.30. The molecule has 71 heavy (non-hydrogen) atoms. The molecule has 14 aromatic rings. The quantitative estimate of drug-likeness (QED) is 0.144. The van der Waals surface area contributed by atoms with Crippen LogP contribution < -0.4 is 4.90 Å². The summed E-state index contributed by atoms with van der Waals surface area (Å²) in [6, 6.07) is 101. The highest BCUT2D eigenvalue weighted by atomic mass is 15.1. The molecule has 1 heteroatoms. The van der Waals surface area contributed by atoms with Crippen LogP contribution in [0.2, 0.25) is 0 Å². The zero-order valence-corrected chi connectivity index (χ0v) is 38.9. The van der Waals surface area contributed by atoms with E-state index in [0.29, 0.717) is 0 Å². The number of anilines is 3. The summed E-state index contributed by atoms with van der Waals surface area (Å²) in [5.41, 5.74) is 13.1. The van der Waals surface area contributed by atoms with Crippen molar-refractivity contribution in [1.82, 2.24) is 0 Å². The Morgan fingerprint density at radius 2 is 0.507 bits per heavy atom. The van der Waals surface area contributed by atoms with Crippen LogP contribution in [-0.4, -0.2) is 0 Å². The summed E-state index contributed by atoms with van der Waals surface area (Å²) in [6.45, 7) is 0. The molecule has 0 bridgehead atoms. The van der Waals surface area contributed by atoms with Gasteiger partial charge in [-0.25, -0.2) is 0 Å². The predicted molar refractivity (Wildman–Crippen MR) is 305 cm³/mol. The van der Waals surface area contributed by atoms with Crippen molar-refractivity contribution in [3.8, 4) is 44.5 Å². The van der Waals surface area contributed by atoms with Crippen molar-refractivity contribution in [2.45, 2.75) is 0 Å². The molecule has 0 aromatic heterocycles. The monoisotopic (exact) mass is 899 g/mol. The van der Waals surface area contributed by atoms with E-state index < -0.39 is 0 Å². The summed E-state index contributed by atoms with van der Waals surface area (Å²) in [6.07, 6.45) is 0.